The largest absolute Gasteiger partial charge is 0.424 e. The summed E-state index contributed by atoms with van der Waals surface area (Å²) >= 11 is 0. The van der Waals surface area contributed by atoms with E-state index in [2.05, 4.69) is 20.5 Å². The van der Waals surface area contributed by atoms with E-state index in [0.29, 0.717) is 29.4 Å². The molecule has 0 spiro atoms. The number of rotatable bonds is 6. The SMILES string of the molecule is CCC(=O)Nc1ccc(/N=N/c2ccccc2OC(=O)C2CC2)c(N)n1. The van der Waals surface area contributed by atoms with Crippen molar-refractivity contribution in [3.63, 3.8) is 0 Å². The number of carbonyl (C=O) groups is 2. The van der Waals surface area contributed by atoms with Crippen molar-refractivity contribution in [1.29, 1.82) is 0 Å². The van der Waals surface area contributed by atoms with E-state index in [9.17, 15) is 9.59 Å². The first-order valence-electron chi connectivity index (χ1n) is 8.35. The van der Waals surface area contributed by atoms with Gasteiger partial charge in [-0.05, 0) is 37.1 Å². The smallest absolute Gasteiger partial charge is 0.314 e. The molecule has 0 radical (unpaired) electrons. The van der Waals surface area contributed by atoms with Crippen LogP contribution in [0.2, 0.25) is 0 Å². The van der Waals surface area contributed by atoms with Gasteiger partial charge >= 0.3 is 5.97 Å². The number of nitrogen functional groups attached to an aromatic ring is 1. The van der Waals surface area contributed by atoms with Crippen LogP contribution in [-0.4, -0.2) is 16.9 Å². The zero-order valence-corrected chi connectivity index (χ0v) is 14.3. The zero-order valence-electron chi connectivity index (χ0n) is 14.3. The number of ether oxygens (including phenoxy) is 1. The summed E-state index contributed by atoms with van der Waals surface area (Å²) in [5.74, 6) is 0.432. The summed E-state index contributed by atoms with van der Waals surface area (Å²) in [6.45, 7) is 1.74. The first-order chi connectivity index (χ1) is 12.6. The fraction of sp³-hybridized carbons (Fsp3) is 0.278. The van der Waals surface area contributed by atoms with Crippen LogP contribution in [0.25, 0.3) is 0 Å². The van der Waals surface area contributed by atoms with Crippen LogP contribution in [0.1, 0.15) is 26.2 Å². The quantitative estimate of drug-likeness (QED) is 0.466. The Balaban J connectivity index is 1.75. The van der Waals surface area contributed by atoms with E-state index in [0.717, 1.165) is 12.8 Å². The number of nitrogens with two attached hydrogens (primary N) is 1. The Morgan fingerprint density at radius 1 is 1.19 bits per heavy atom. The molecule has 134 valence electrons. The molecule has 0 saturated heterocycles. The molecular formula is C18H19N5O3. The fourth-order valence-corrected chi connectivity index (χ4v) is 2.10. The Kier molecular flexibility index (Phi) is 5.21. The highest BCUT2D eigenvalue weighted by Crippen LogP contribution is 2.34. The molecule has 2 aromatic rings. The number of hydrogen-bond donors (Lipinski definition) is 2. The summed E-state index contributed by atoms with van der Waals surface area (Å²) in [5, 5.41) is 10.8. The average molecular weight is 353 g/mol. The highest BCUT2D eigenvalue weighted by Gasteiger charge is 2.32. The number of hydrogen-bond acceptors (Lipinski definition) is 7. The Morgan fingerprint density at radius 2 is 1.92 bits per heavy atom. The van der Waals surface area contributed by atoms with Gasteiger partial charge in [-0.25, -0.2) is 4.98 Å². The van der Waals surface area contributed by atoms with Gasteiger partial charge in [0.25, 0.3) is 0 Å². The molecule has 0 bridgehead atoms. The maximum atomic E-state index is 11.8. The van der Waals surface area contributed by atoms with Crippen molar-refractivity contribution in [3.05, 3.63) is 36.4 Å². The molecule has 1 fully saturated rings. The van der Waals surface area contributed by atoms with Gasteiger partial charge in [-0.15, -0.1) is 10.2 Å². The molecule has 1 aliphatic rings. The molecule has 0 unspecified atom stereocenters. The molecule has 3 rings (SSSR count). The van der Waals surface area contributed by atoms with Gasteiger partial charge in [0.1, 0.15) is 17.2 Å². The number of nitrogens with one attached hydrogen (secondary N) is 1. The molecule has 1 saturated carbocycles. The van der Waals surface area contributed by atoms with E-state index in [1.165, 1.54) is 0 Å². The summed E-state index contributed by atoms with van der Waals surface area (Å²) in [6.07, 6.45) is 2.08. The van der Waals surface area contributed by atoms with Crippen molar-refractivity contribution in [1.82, 2.24) is 4.98 Å². The number of para-hydroxylation sites is 1. The lowest BCUT2D eigenvalue weighted by Gasteiger charge is -2.06. The van der Waals surface area contributed by atoms with Crippen LogP contribution in [-0.2, 0) is 9.59 Å². The van der Waals surface area contributed by atoms with Crippen LogP contribution >= 0.6 is 0 Å². The van der Waals surface area contributed by atoms with E-state index in [4.69, 9.17) is 10.5 Å². The third-order valence-corrected chi connectivity index (χ3v) is 3.74. The lowest BCUT2D eigenvalue weighted by molar-refractivity contribution is -0.135. The number of azo groups is 1. The summed E-state index contributed by atoms with van der Waals surface area (Å²) < 4.78 is 5.38. The fourth-order valence-electron chi connectivity index (χ4n) is 2.10. The Morgan fingerprint density at radius 3 is 2.62 bits per heavy atom. The molecule has 1 amide bonds. The number of aromatic nitrogens is 1. The zero-order chi connectivity index (χ0) is 18.5. The molecule has 3 N–H and O–H groups in total. The lowest BCUT2D eigenvalue weighted by Crippen LogP contribution is -2.11. The average Bonchev–Trinajstić information content (AvgIpc) is 3.47. The number of nitrogens with zero attached hydrogens (tertiary/aromatic N) is 3. The second kappa shape index (κ2) is 7.73. The predicted molar refractivity (Wildman–Crippen MR) is 96.5 cm³/mol. The number of pyridine rings is 1. The van der Waals surface area contributed by atoms with Gasteiger partial charge in [0.05, 0.1) is 5.92 Å². The Bertz CT molecular complexity index is 862. The van der Waals surface area contributed by atoms with Gasteiger partial charge in [-0.3, -0.25) is 9.59 Å². The van der Waals surface area contributed by atoms with Crippen molar-refractivity contribution in [2.75, 3.05) is 11.1 Å². The standard InChI is InChI=1S/C18H19N5O3/c1-2-16(24)20-15-10-9-13(17(19)21-15)23-22-12-5-3-4-6-14(12)26-18(25)11-7-8-11/h3-6,9-11H,2,7-8H2,1H3,(H3,19,20,21,24)/b23-22+. The van der Waals surface area contributed by atoms with Crippen LogP contribution in [0.3, 0.4) is 0 Å². The molecule has 1 heterocycles. The van der Waals surface area contributed by atoms with Crippen molar-refractivity contribution in [3.8, 4) is 5.75 Å². The normalized spacial score (nSPS) is 13.6. The minimum absolute atomic E-state index is 0.00860. The number of amides is 1. The molecule has 8 nitrogen and oxygen atoms in total. The van der Waals surface area contributed by atoms with Crippen molar-refractivity contribution in [2.45, 2.75) is 26.2 Å². The van der Waals surface area contributed by atoms with Crippen molar-refractivity contribution < 1.29 is 14.3 Å². The van der Waals surface area contributed by atoms with Crippen LogP contribution in [0, 0.1) is 5.92 Å². The number of anilines is 2. The summed E-state index contributed by atoms with van der Waals surface area (Å²) in [4.78, 5) is 27.3. The van der Waals surface area contributed by atoms with E-state index in [1.807, 2.05) is 0 Å². The minimum Gasteiger partial charge on any atom is -0.424 e. The van der Waals surface area contributed by atoms with Crippen molar-refractivity contribution >= 4 is 34.9 Å². The number of benzene rings is 1. The summed E-state index contributed by atoms with van der Waals surface area (Å²) in [5.41, 5.74) is 6.64. The van der Waals surface area contributed by atoms with Crippen LogP contribution in [0.4, 0.5) is 23.0 Å². The monoisotopic (exact) mass is 353 g/mol. The molecule has 26 heavy (non-hydrogen) atoms. The maximum Gasteiger partial charge on any atom is 0.314 e. The predicted octanol–water partition coefficient (Wildman–Crippen LogP) is 3.74. The van der Waals surface area contributed by atoms with Gasteiger partial charge in [-0.1, -0.05) is 19.1 Å². The number of esters is 1. The highest BCUT2D eigenvalue weighted by atomic mass is 16.5. The van der Waals surface area contributed by atoms with Crippen LogP contribution < -0.4 is 15.8 Å². The second-order valence-corrected chi connectivity index (χ2v) is 5.87. The molecule has 1 aromatic carbocycles. The van der Waals surface area contributed by atoms with Gasteiger partial charge in [0, 0.05) is 6.42 Å². The Hall–Kier alpha value is -3.29. The summed E-state index contributed by atoms with van der Waals surface area (Å²) in [6, 6.07) is 10.1. The van der Waals surface area contributed by atoms with Gasteiger partial charge < -0.3 is 15.8 Å². The molecule has 1 aromatic heterocycles. The van der Waals surface area contributed by atoms with Crippen LogP contribution in [0.15, 0.2) is 46.6 Å². The lowest BCUT2D eigenvalue weighted by atomic mass is 10.3. The van der Waals surface area contributed by atoms with Gasteiger partial charge in [0.2, 0.25) is 5.91 Å². The second-order valence-electron chi connectivity index (χ2n) is 5.87. The van der Waals surface area contributed by atoms with Gasteiger partial charge in [-0.2, -0.15) is 0 Å². The minimum atomic E-state index is -0.246. The topological polar surface area (TPSA) is 119 Å². The number of carbonyl (C=O) groups excluding carboxylic acids is 2. The molecular weight excluding hydrogens is 334 g/mol. The third-order valence-electron chi connectivity index (χ3n) is 3.74. The molecule has 0 aliphatic heterocycles. The molecule has 1 aliphatic carbocycles. The molecule has 0 atom stereocenters. The van der Waals surface area contributed by atoms with E-state index in [1.54, 1.807) is 43.3 Å². The first kappa shape index (κ1) is 17.5. The van der Waals surface area contributed by atoms with E-state index < -0.39 is 0 Å². The summed E-state index contributed by atoms with van der Waals surface area (Å²) in [7, 11) is 0. The first-order valence-corrected chi connectivity index (χ1v) is 8.35. The third kappa shape index (κ3) is 4.41. The van der Waals surface area contributed by atoms with E-state index >= 15 is 0 Å². The van der Waals surface area contributed by atoms with Gasteiger partial charge in [0.15, 0.2) is 11.6 Å². The van der Waals surface area contributed by atoms with Crippen LogP contribution in [0.5, 0.6) is 5.75 Å². The van der Waals surface area contributed by atoms with E-state index in [-0.39, 0.29) is 23.6 Å². The van der Waals surface area contributed by atoms with Crippen molar-refractivity contribution in [2.24, 2.45) is 16.1 Å². The molecule has 8 heteroatoms. The Labute approximate surface area is 150 Å². The highest BCUT2D eigenvalue weighted by molar-refractivity contribution is 5.89. The maximum absolute atomic E-state index is 11.8.